The molecule has 0 saturated heterocycles. The molecule has 0 heterocycles. The van der Waals surface area contributed by atoms with Crippen LogP contribution in [0.25, 0.3) is 0 Å². The van der Waals surface area contributed by atoms with E-state index in [1.165, 1.54) is 0 Å². The van der Waals surface area contributed by atoms with Gasteiger partial charge in [0.15, 0.2) is 0 Å². The van der Waals surface area contributed by atoms with Gasteiger partial charge in [0.05, 0.1) is 11.6 Å². The molecule has 1 rings (SSSR count). The Bertz CT molecular complexity index is 407. The molecule has 16 heavy (non-hydrogen) atoms. The lowest BCUT2D eigenvalue weighted by molar-refractivity contribution is 0.718. The minimum absolute atomic E-state index is 0.391. The molecular formula is C13H15BrN2. The van der Waals surface area contributed by atoms with Gasteiger partial charge >= 0.3 is 0 Å². The molecule has 1 atom stereocenters. The smallest absolute Gasteiger partial charge is 0.0992 e. The van der Waals surface area contributed by atoms with E-state index in [-0.39, 0.29) is 0 Å². The summed E-state index contributed by atoms with van der Waals surface area (Å²) in [6, 6.07) is 8.06. The topological polar surface area (TPSA) is 35.8 Å². The third-order valence-corrected chi connectivity index (χ3v) is 2.96. The van der Waals surface area contributed by atoms with Gasteiger partial charge in [0.25, 0.3) is 0 Å². The number of halogens is 1. The molecule has 0 saturated carbocycles. The molecule has 1 unspecified atom stereocenters. The van der Waals surface area contributed by atoms with E-state index in [1.807, 2.05) is 24.3 Å². The molecule has 0 radical (unpaired) electrons. The fraction of sp³-hybridized carbons (Fsp3) is 0.308. The standard InChI is InChI=1S/C13H15BrN2/c1-3-4-5-10(2)16-13-7-6-11(9-15)8-12(13)14/h3,6-8,10,16H,1,4-5H2,2H3. The van der Waals surface area contributed by atoms with Crippen LogP contribution in [0.5, 0.6) is 0 Å². The fourth-order valence-electron chi connectivity index (χ4n) is 1.41. The molecule has 0 fully saturated rings. The van der Waals surface area contributed by atoms with Gasteiger partial charge in [0.1, 0.15) is 0 Å². The van der Waals surface area contributed by atoms with Crippen LogP contribution in [0.4, 0.5) is 5.69 Å². The molecule has 1 aromatic rings. The van der Waals surface area contributed by atoms with Gasteiger partial charge in [-0.3, -0.25) is 0 Å². The van der Waals surface area contributed by atoms with E-state index in [2.05, 4.69) is 40.8 Å². The van der Waals surface area contributed by atoms with E-state index in [9.17, 15) is 0 Å². The second kappa shape index (κ2) is 6.34. The molecule has 0 aromatic heterocycles. The summed E-state index contributed by atoms with van der Waals surface area (Å²) in [6.07, 6.45) is 3.98. The highest BCUT2D eigenvalue weighted by Gasteiger charge is 2.05. The average molecular weight is 279 g/mol. The van der Waals surface area contributed by atoms with Crippen LogP contribution in [0.1, 0.15) is 25.3 Å². The summed E-state index contributed by atoms with van der Waals surface area (Å²) in [5.74, 6) is 0. The van der Waals surface area contributed by atoms with Crippen LogP contribution in [0, 0.1) is 11.3 Å². The molecule has 1 aromatic carbocycles. The van der Waals surface area contributed by atoms with Crippen molar-refractivity contribution in [1.29, 1.82) is 5.26 Å². The third kappa shape index (κ3) is 3.71. The van der Waals surface area contributed by atoms with E-state index in [0.29, 0.717) is 11.6 Å². The predicted molar refractivity (Wildman–Crippen MR) is 71.4 cm³/mol. The van der Waals surface area contributed by atoms with Gasteiger partial charge in [0, 0.05) is 16.2 Å². The first-order valence-electron chi connectivity index (χ1n) is 5.24. The van der Waals surface area contributed by atoms with E-state index in [1.54, 1.807) is 0 Å². The SMILES string of the molecule is C=CCCC(C)Nc1ccc(C#N)cc1Br. The monoisotopic (exact) mass is 278 g/mol. The fourth-order valence-corrected chi connectivity index (χ4v) is 1.90. The van der Waals surface area contributed by atoms with Crippen LogP contribution >= 0.6 is 15.9 Å². The molecule has 0 bridgehead atoms. The zero-order chi connectivity index (χ0) is 12.0. The van der Waals surface area contributed by atoms with Crippen molar-refractivity contribution in [3.05, 3.63) is 40.9 Å². The van der Waals surface area contributed by atoms with Crippen LogP contribution in [0.15, 0.2) is 35.3 Å². The maximum atomic E-state index is 8.75. The Kier molecular flexibility index (Phi) is 5.07. The molecule has 84 valence electrons. The Morgan fingerprint density at radius 3 is 2.94 bits per heavy atom. The van der Waals surface area contributed by atoms with Gasteiger partial charge in [-0.15, -0.1) is 6.58 Å². The molecule has 3 heteroatoms. The van der Waals surface area contributed by atoms with Crippen molar-refractivity contribution in [2.45, 2.75) is 25.8 Å². The first-order valence-corrected chi connectivity index (χ1v) is 6.03. The Balaban J connectivity index is 2.67. The number of anilines is 1. The number of rotatable bonds is 5. The predicted octanol–water partition coefficient (Wildman–Crippen LogP) is 4.09. The zero-order valence-electron chi connectivity index (χ0n) is 9.33. The van der Waals surface area contributed by atoms with Crippen LogP contribution in [0.3, 0.4) is 0 Å². The maximum Gasteiger partial charge on any atom is 0.0992 e. The van der Waals surface area contributed by atoms with E-state index in [0.717, 1.165) is 23.0 Å². The maximum absolute atomic E-state index is 8.75. The average Bonchev–Trinajstić information content (AvgIpc) is 2.29. The van der Waals surface area contributed by atoms with Gasteiger partial charge in [-0.25, -0.2) is 0 Å². The number of nitrogens with one attached hydrogen (secondary N) is 1. The Labute approximate surface area is 105 Å². The minimum atomic E-state index is 0.391. The van der Waals surface area contributed by atoms with E-state index >= 15 is 0 Å². The first kappa shape index (κ1) is 12.8. The van der Waals surface area contributed by atoms with Crippen molar-refractivity contribution in [1.82, 2.24) is 0 Å². The molecule has 1 N–H and O–H groups in total. The minimum Gasteiger partial charge on any atom is -0.382 e. The highest BCUT2D eigenvalue weighted by Crippen LogP contribution is 2.24. The number of nitrogens with zero attached hydrogens (tertiary/aromatic N) is 1. The molecule has 0 aliphatic rings. The quantitative estimate of drug-likeness (QED) is 0.824. The summed E-state index contributed by atoms with van der Waals surface area (Å²) in [7, 11) is 0. The van der Waals surface area contributed by atoms with Gasteiger partial charge in [-0.2, -0.15) is 5.26 Å². The van der Waals surface area contributed by atoms with Crippen molar-refractivity contribution < 1.29 is 0 Å². The lowest BCUT2D eigenvalue weighted by atomic mass is 10.1. The van der Waals surface area contributed by atoms with E-state index in [4.69, 9.17) is 5.26 Å². The molecule has 0 spiro atoms. The van der Waals surface area contributed by atoms with Crippen molar-refractivity contribution >= 4 is 21.6 Å². The van der Waals surface area contributed by atoms with Crippen LogP contribution in [-0.4, -0.2) is 6.04 Å². The van der Waals surface area contributed by atoms with Crippen LogP contribution < -0.4 is 5.32 Å². The summed E-state index contributed by atoms with van der Waals surface area (Å²) in [4.78, 5) is 0. The number of nitriles is 1. The van der Waals surface area contributed by atoms with E-state index < -0.39 is 0 Å². The number of hydrogen-bond acceptors (Lipinski definition) is 2. The summed E-state index contributed by atoms with van der Waals surface area (Å²) in [5, 5.41) is 12.1. The lowest BCUT2D eigenvalue weighted by Gasteiger charge is -2.15. The first-order chi connectivity index (χ1) is 7.67. The van der Waals surface area contributed by atoms with Crippen LogP contribution in [0.2, 0.25) is 0 Å². The summed E-state index contributed by atoms with van der Waals surface area (Å²) in [5.41, 5.74) is 1.69. The second-order valence-electron chi connectivity index (χ2n) is 3.72. The number of allylic oxidation sites excluding steroid dienone is 1. The van der Waals surface area contributed by atoms with Crippen molar-refractivity contribution in [2.24, 2.45) is 0 Å². The van der Waals surface area contributed by atoms with Gasteiger partial charge in [-0.05, 0) is 53.9 Å². The molecule has 2 nitrogen and oxygen atoms in total. The molecular weight excluding hydrogens is 264 g/mol. The molecule has 0 aliphatic heterocycles. The number of benzene rings is 1. The summed E-state index contributed by atoms with van der Waals surface area (Å²) < 4.78 is 0.928. The van der Waals surface area contributed by atoms with Gasteiger partial charge in [-0.1, -0.05) is 6.08 Å². The Morgan fingerprint density at radius 2 is 2.38 bits per heavy atom. The summed E-state index contributed by atoms with van der Waals surface area (Å²) >= 11 is 3.45. The zero-order valence-corrected chi connectivity index (χ0v) is 10.9. The van der Waals surface area contributed by atoms with Gasteiger partial charge < -0.3 is 5.32 Å². The highest BCUT2D eigenvalue weighted by atomic mass is 79.9. The lowest BCUT2D eigenvalue weighted by Crippen LogP contribution is -2.14. The molecule has 0 aliphatic carbocycles. The van der Waals surface area contributed by atoms with Crippen molar-refractivity contribution in [3.63, 3.8) is 0 Å². The third-order valence-electron chi connectivity index (χ3n) is 2.30. The van der Waals surface area contributed by atoms with Crippen molar-refractivity contribution in [3.8, 4) is 6.07 Å². The van der Waals surface area contributed by atoms with Crippen LogP contribution in [-0.2, 0) is 0 Å². The Hall–Kier alpha value is -1.27. The summed E-state index contributed by atoms with van der Waals surface area (Å²) in [6.45, 7) is 5.84. The second-order valence-corrected chi connectivity index (χ2v) is 4.57. The number of hydrogen-bond donors (Lipinski definition) is 1. The van der Waals surface area contributed by atoms with Gasteiger partial charge in [0.2, 0.25) is 0 Å². The molecule has 0 amide bonds. The van der Waals surface area contributed by atoms with Crippen molar-refractivity contribution in [2.75, 3.05) is 5.32 Å². The normalized spacial score (nSPS) is 11.6. The Morgan fingerprint density at radius 1 is 1.62 bits per heavy atom. The highest BCUT2D eigenvalue weighted by molar-refractivity contribution is 9.10. The largest absolute Gasteiger partial charge is 0.382 e.